The van der Waals surface area contributed by atoms with E-state index in [0.29, 0.717) is 32.3 Å². The van der Waals surface area contributed by atoms with Gasteiger partial charge >= 0.3 is 0 Å². The van der Waals surface area contributed by atoms with Crippen molar-refractivity contribution in [3.05, 3.63) is 71.3 Å². The van der Waals surface area contributed by atoms with E-state index in [9.17, 15) is 4.79 Å². The molecule has 0 unspecified atom stereocenters. The van der Waals surface area contributed by atoms with E-state index < -0.39 is 0 Å². The first-order valence-corrected chi connectivity index (χ1v) is 13.1. The fraction of sp³-hybridized carbons (Fsp3) is 0.552. The lowest BCUT2D eigenvalue weighted by Gasteiger charge is -2.44. The zero-order valence-electron chi connectivity index (χ0n) is 20.2. The lowest BCUT2D eigenvalue weighted by atomic mass is 9.83. The van der Waals surface area contributed by atoms with Crippen LogP contribution in [0.4, 0.5) is 0 Å². The monoisotopic (exact) mass is 462 g/mol. The maximum Gasteiger partial charge on any atom is 0.181 e. The third-order valence-corrected chi connectivity index (χ3v) is 7.86. The van der Waals surface area contributed by atoms with Crippen LogP contribution >= 0.6 is 0 Å². The molecule has 2 saturated heterocycles. The predicted octanol–water partition coefficient (Wildman–Crippen LogP) is 4.69. The first-order chi connectivity index (χ1) is 16.8. The van der Waals surface area contributed by atoms with Gasteiger partial charge in [-0.1, -0.05) is 73.9 Å². The zero-order valence-corrected chi connectivity index (χ0v) is 20.2. The van der Waals surface area contributed by atoms with Crippen LogP contribution in [0.5, 0.6) is 0 Å². The summed E-state index contributed by atoms with van der Waals surface area (Å²) in [5.41, 5.74) is 3.42. The van der Waals surface area contributed by atoms with Crippen molar-refractivity contribution in [1.29, 1.82) is 0 Å². The first-order valence-electron chi connectivity index (χ1n) is 13.1. The lowest BCUT2D eigenvalue weighted by Crippen LogP contribution is -2.55. The quantitative estimate of drug-likeness (QED) is 0.559. The second-order valence-electron chi connectivity index (χ2n) is 9.92. The van der Waals surface area contributed by atoms with Crippen LogP contribution < -0.4 is 0 Å². The molecule has 182 valence electrons. The Hall–Kier alpha value is -2.05. The van der Waals surface area contributed by atoms with Crippen molar-refractivity contribution in [2.45, 2.75) is 50.1 Å². The standard InChI is InChI=1S/C29H38N2O3/c32-29(26-13-11-24(12-14-26)23-7-3-1-4-8-23)28(31-17-21-34-22-18-31)27(25-9-5-2-6-10-25)30-15-19-33-20-16-30/h2,5-6,9-14,23,27-28H,1,3-4,7-8,15-22H2/t27-,28-/m0/s1. The molecule has 1 aliphatic carbocycles. The third-order valence-electron chi connectivity index (χ3n) is 7.86. The van der Waals surface area contributed by atoms with Gasteiger partial charge in [-0.3, -0.25) is 14.6 Å². The Labute approximate surface area is 204 Å². The van der Waals surface area contributed by atoms with Gasteiger partial charge in [0, 0.05) is 31.7 Å². The molecule has 5 nitrogen and oxygen atoms in total. The van der Waals surface area contributed by atoms with E-state index in [1.54, 1.807) is 0 Å². The van der Waals surface area contributed by atoms with Crippen LogP contribution in [0.3, 0.4) is 0 Å². The number of nitrogens with zero attached hydrogens (tertiary/aromatic N) is 2. The summed E-state index contributed by atoms with van der Waals surface area (Å²) in [5, 5.41) is 0. The highest BCUT2D eigenvalue weighted by Crippen LogP contribution is 2.34. The van der Waals surface area contributed by atoms with Crippen molar-refractivity contribution in [2.24, 2.45) is 0 Å². The molecule has 0 spiro atoms. The second kappa shape index (κ2) is 11.6. The minimum absolute atomic E-state index is 0.00581. The molecule has 5 heteroatoms. The molecule has 0 N–H and O–H groups in total. The van der Waals surface area contributed by atoms with Crippen molar-refractivity contribution in [3.8, 4) is 0 Å². The van der Waals surface area contributed by atoms with Crippen molar-refractivity contribution >= 4 is 5.78 Å². The van der Waals surface area contributed by atoms with Crippen LogP contribution in [0.1, 0.15) is 65.5 Å². The van der Waals surface area contributed by atoms with E-state index in [4.69, 9.17) is 9.47 Å². The van der Waals surface area contributed by atoms with Crippen LogP contribution in [-0.2, 0) is 9.47 Å². The Morgan fingerprint density at radius 1 is 0.735 bits per heavy atom. The Kier molecular flexibility index (Phi) is 8.07. The van der Waals surface area contributed by atoms with Crippen LogP contribution in [0, 0.1) is 0 Å². The number of rotatable bonds is 7. The highest BCUT2D eigenvalue weighted by molar-refractivity contribution is 6.00. The van der Waals surface area contributed by atoms with Crippen LogP contribution in [-0.4, -0.2) is 74.2 Å². The van der Waals surface area contributed by atoms with Crippen LogP contribution in [0.15, 0.2) is 54.6 Å². The van der Waals surface area contributed by atoms with Crippen molar-refractivity contribution in [1.82, 2.24) is 9.80 Å². The molecule has 0 bridgehead atoms. The second-order valence-corrected chi connectivity index (χ2v) is 9.92. The number of carbonyl (C=O) groups excluding carboxylic acids is 1. The summed E-state index contributed by atoms with van der Waals surface area (Å²) in [5.74, 6) is 0.871. The molecule has 3 aliphatic rings. The molecule has 0 amide bonds. The molecule has 2 aromatic rings. The van der Waals surface area contributed by atoms with Crippen molar-refractivity contribution < 1.29 is 14.3 Å². The van der Waals surface area contributed by atoms with Gasteiger partial charge in [0.1, 0.15) is 0 Å². The van der Waals surface area contributed by atoms with E-state index in [2.05, 4.69) is 64.4 Å². The summed E-state index contributed by atoms with van der Waals surface area (Å²) < 4.78 is 11.3. The summed E-state index contributed by atoms with van der Waals surface area (Å²) in [6.07, 6.45) is 6.55. The topological polar surface area (TPSA) is 42.0 Å². The van der Waals surface area contributed by atoms with Gasteiger partial charge < -0.3 is 9.47 Å². The highest BCUT2D eigenvalue weighted by Gasteiger charge is 2.39. The average Bonchev–Trinajstić information content (AvgIpc) is 2.93. The molecular weight excluding hydrogens is 424 g/mol. The van der Waals surface area contributed by atoms with E-state index in [-0.39, 0.29) is 17.9 Å². The summed E-state index contributed by atoms with van der Waals surface area (Å²) in [4.78, 5) is 19.1. The van der Waals surface area contributed by atoms with Gasteiger partial charge in [0.15, 0.2) is 5.78 Å². The third kappa shape index (κ3) is 5.44. The molecule has 0 aromatic heterocycles. The number of hydrogen-bond donors (Lipinski definition) is 0. The normalized spacial score (nSPS) is 22.8. The molecule has 2 atom stereocenters. The average molecular weight is 463 g/mol. The maximum atomic E-state index is 14.2. The molecule has 34 heavy (non-hydrogen) atoms. The summed E-state index contributed by atoms with van der Waals surface area (Å²) in [6, 6.07) is 18.9. The predicted molar refractivity (Wildman–Crippen MR) is 134 cm³/mol. The Bertz CT molecular complexity index is 899. The number of carbonyl (C=O) groups is 1. The van der Waals surface area contributed by atoms with Gasteiger partial charge in [-0.2, -0.15) is 0 Å². The van der Waals surface area contributed by atoms with Crippen molar-refractivity contribution in [3.63, 3.8) is 0 Å². The molecule has 0 radical (unpaired) electrons. The number of benzene rings is 2. The minimum atomic E-state index is -0.245. The van der Waals surface area contributed by atoms with E-state index >= 15 is 0 Å². The fourth-order valence-corrected chi connectivity index (χ4v) is 5.99. The largest absolute Gasteiger partial charge is 0.379 e. The van der Waals surface area contributed by atoms with Crippen molar-refractivity contribution in [2.75, 3.05) is 52.6 Å². The molecule has 3 fully saturated rings. The van der Waals surface area contributed by atoms with Crippen LogP contribution in [0.25, 0.3) is 0 Å². The van der Waals surface area contributed by atoms with E-state index in [0.717, 1.165) is 31.7 Å². The molecule has 5 rings (SSSR count). The van der Waals surface area contributed by atoms with E-state index in [1.165, 1.54) is 43.2 Å². The number of Topliss-reactive ketones (excluding diaryl/α,β-unsaturated/α-hetero) is 1. The Morgan fingerprint density at radius 3 is 1.94 bits per heavy atom. The summed E-state index contributed by atoms with van der Waals surface area (Å²) in [7, 11) is 0. The van der Waals surface area contributed by atoms with Gasteiger partial charge in [0.25, 0.3) is 0 Å². The SMILES string of the molecule is O=C(c1ccc(C2CCCCC2)cc1)[C@H]([C@H](c1ccccc1)N1CCOCC1)N1CCOCC1. The number of ether oxygens (including phenoxy) is 2. The van der Waals surface area contributed by atoms with Gasteiger partial charge in [0.2, 0.25) is 0 Å². The molecular formula is C29H38N2O3. The Balaban J connectivity index is 1.47. The number of hydrogen-bond acceptors (Lipinski definition) is 5. The number of morpholine rings is 2. The fourth-order valence-electron chi connectivity index (χ4n) is 5.99. The lowest BCUT2D eigenvalue weighted by molar-refractivity contribution is -0.0301. The minimum Gasteiger partial charge on any atom is -0.379 e. The summed E-state index contributed by atoms with van der Waals surface area (Å²) in [6.45, 7) is 6.02. The van der Waals surface area contributed by atoms with Gasteiger partial charge in [-0.25, -0.2) is 0 Å². The van der Waals surface area contributed by atoms with Gasteiger partial charge in [0.05, 0.1) is 38.5 Å². The van der Waals surface area contributed by atoms with E-state index in [1.807, 2.05) is 0 Å². The molecule has 1 saturated carbocycles. The molecule has 2 aliphatic heterocycles. The highest BCUT2D eigenvalue weighted by atomic mass is 16.5. The summed E-state index contributed by atoms with van der Waals surface area (Å²) >= 11 is 0. The first kappa shape index (κ1) is 23.7. The zero-order chi connectivity index (χ0) is 23.2. The maximum absolute atomic E-state index is 14.2. The Morgan fingerprint density at radius 2 is 1.32 bits per heavy atom. The smallest absolute Gasteiger partial charge is 0.181 e. The molecule has 2 heterocycles. The number of ketones is 1. The van der Waals surface area contributed by atoms with Gasteiger partial charge in [-0.05, 0) is 29.9 Å². The van der Waals surface area contributed by atoms with Crippen LogP contribution in [0.2, 0.25) is 0 Å². The molecule has 2 aromatic carbocycles. The van der Waals surface area contributed by atoms with Gasteiger partial charge in [-0.15, -0.1) is 0 Å².